The van der Waals surface area contributed by atoms with Gasteiger partial charge in [0, 0.05) is 17.1 Å². The summed E-state index contributed by atoms with van der Waals surface area (Å²) in [4.78, 5) is 15.7. The van der Waals surface area contributed by atoms with Gasteiger partial charge < -0.3 is 14.5 Å². The molecular formula is C25H23NO3. The number of rotatable bonds is 7. The fourth-order valence-electron chi connectivity index (χ4n) is 3.32. The summed E-state index contributed by atoms with van der Waals surface area (Å²) in [6.07, 6.45) is 2.45. The molecule has 0 aliphatic carbocycles. The van der Waals surface area contributed by atoms with Gasteiger partial charge in [-0.05, 0) is 41.8 Å². The zero-order valence-electron chi connectivity index (χ0n) is 16.3. The molecule has 1 unspecified atom stereocenters. The number of para-hydroxylation sites is 1. The van der Waals surface area contributed by atoms with Gasteiger partial charge in [-0.3, -0.25) is 4.79 Å². The summed E-state index contributed by atoms with van der Waals surface area (Å²) in [7, 11) is 0. The molecule has 146 valence electrons. The van der Waals surface area contributed by atoms with Gasteiger partial charge in [0.15, 0.2) is 0 Å². The van der Waals surface area contributed by atoms with Crippen LogP contribution in [0.5, 0.6) is 11.5 Å². The lowest BCUT2D eigenvalue weighted by atomic mass is 10.0. The van der Waals surface area contributed by atoms with E-state index in [1.54, 1.807) is 0 Å². The summed E-state index contributed by atoms with van der Waals surface area (Å²) >= 11 is 0. The molecule has 0 aliphatic rings. The highest BCUT2D eigenvalue weighted by atomic mass is 16.5. The Morgan fingerprint density at radius 2 is 1.66 bits per heavy atom. The van der Waals surface area contributed by atoms with E-state index in [4.69, 9.17) is 9.47 Å². The van der Waals surface area contributed by atoms with Gasteiger partial charge in [0.05, 0.1) is 5.92 Å². The molecule has 4 rings (SSSR count). The molecule has 0 aliphatic heterocycles. The van der Waals surface area contributed by atoms with Crippen LogP contribution in [0, 0.1) is 5.92 Å². The standard InChI is InChI=1S/C25H23NO3/c1-18(25(27)28-17-19-8-3-2-4-9-19)16-20-10-5-6-12-23(20)29-24-13-7-11-22-21(24)14-15-26-22/h2-15,18,26H,16-17H2,1H3. The minimum absolute atomic E-state index is 0.212. The van der Waals surface area contributed by atoms with Crippen molar-refractivity contribution in [2.75, 3.05) is 0 Å². The van der Waals surface area contributed by atoms with E-state index < -0.39 is 0 Å². The highest BCUT2D eigenvalue weighted by Gasteiger charge is 2.18. The molecule has 4 aromatic rings. The topological polar surface area (TPSA) is 51.3 Å². The van der Waals surface area contributed by atoms with E-state index in [-0.39, 0.29) is 18.5 Å². The summed E-state index contributed by atoms with van der Waals surface area (Å²) in [6, 6.07) is 25.5. The monoisotopic (exact) mass is 385 g/mol. The van der Waals surface area contributed by atoms with E-state index in [0.29, 0.717) is 6.42 Å². The molecule has 0 fully saturated rings. The number of fused-ring (bicyclic) bond motifs is 1. The fraction of sp³-hybridized carbons (Fsp3) is 0.160. The summed E-state index contributed by atoms with van der Waals surface area (Å²) in [5, 5.41) is 1.03. The number of carbonyl (C=O) groups is 1. The minimum Gasteiger partial charge on any atom is -0.461 e. The predicted molar refractivity (Wildman–Crippen MR) is 114 cm³/mol. The van der Waals surface area contributed by atoms with Crippen LogP contribution in [0.4, 0.5) is 0 Å². The molecule has 3 aromatic carbocycles. The lowest BCUT2D eigenvalue weighted by molar-refractivity contribution is -0.149. The van der Waals surface area contributed by atoms with E-state index in [1.807, 2.05) is 92.0 Å². The van der Waals surface area contributed by atoms with Crippen LogP contribution in [0.3, 0.4) is 0 Å². The lowest BCUT2D eigenvalue weighted by Gasteiger charge is -2.15. The van der Waals surface area contributed by atoms with Crippen molar-refractivity contribution in [2.45, 2.75) is 20.0 Å². The van der Waals surface area contributed by atoms with Crippen LogP contribution in [0.15, 0.2) is 85.1 Å². The highest BCUT2D eigenvalue weighted by molar-refractivity contribution is 5.86. The smallest absolute Gasteiger partial charge is 0.309 e. The highest BCUT2D eigenvalue weighted by Crippen LogP contribution is 2.32. The van der Waals surface area contributed by atoms with Gasteiger partial charge in [0.1, 0.15) is 18.1 Å². The Morgan fingerprint density at radius 3 is 2.52 bits per heavy atom. The van der Waals surface area contributed by atoms with Crippen LogP contribution in [0.25, 0.3) is 10.9 Å². The second-order valence-electron chi connectivity index (χ2n) is 7.10. The van der Waals surface area contributed by atoms with Crippen LogP contribution < -0.4 is 4.74 Å². The molecule has 0 saturated carbocycles. The molecule has 1 N–H and O–H groups in total. The van der Waals surface area contributed by atoms with Crippen LogP contribution in [0.1, 0.15) is 18.1 Å². The number of aromatic amines is 1. The van der Waals surface area contributed by atoms with Gasteiger partial charge >= 0.3 is 5.97 Å². The van der Waals surface area contributed by atoms with Crippen molar-refractivity contribution in [1.82, 2.24) is 4.98 Å². The van der Waals surface area contributed by atoms with Crippen LogP contribution in [0.2, 0.25) is 0 Å². The lowest BCUT2D eigenvalue weighted by Crippen LogP contribution is -2.17. The van der Waals surface area contributed by atoms with Gasteiger partial charge in [0.25, 0.3) is 0 Å². The van der Waals surface area contributed by atoms with Crippen LogP contribution in [-0.2, 0) is 22.6 Å². The Kier molecular flexibility index (Phi) is 5.61. The third kappa shape index (κ3) is 4.49. The molecular weight excluding hydrogens is 362 g/mol. The Hall–Kier alpha value is -3.53. The largest absolute Gasteiger partial charge is 0.461 e. The maximum absolute atomic E-state index is 12.5. The minimum atomic E-state index is -0.272. The maximum atomic E-state index is 12.5. The van der Waals surface area contributed by atoms with Crippen molar-refractivity contribution >= 4 is 16.9 Å². The third-order valence-corrected chi connectivity index (χ3v) is 4.90. The first-order chi connectivity index (χ1) is 14.2. The first-order valence-electron chi connectivity index (χ1n) is 9.73. The summed E-state index contributed by atoms with van der Waals surface area (Å²) in [6.45, 7) is 2.18. The summed E-state index contributed by atoms with van der Waals surface area (Å²) in [5.41, 5.74) is 2.98. The first kappa shape index (κ1) is 18.8. The van der Waals surface area contributed by atoms with E-state index in [1.165, 1.54) is 0 Å². The van der Waals surface area contributed by atoms with Crippen LogP contribution in [-0.4, -0.2) is 11.0 Å². The quantitative estimate of drug-likeness (QED) is 0.404. The molecule has 0 amide bonds. The molecule has 1 atom stereocenters. The molecule has 0 bridgehead atoms. The summed E-state index contributed by atoms with van der Waals surface area (Å²) in [5.74, 6) is 1.06. The second kappa shape index (κ2) is 8.65. The van der Waals surface area contributed by atoms with Gasteiger partial charge in [-0.1, -0.05) is 61.5 Å². The molecule has 29 heavy (non-hydrogen) atoms. The van der Waals surface area contributed by atoms with E-state index in [9.17, 15) is 4.79 Å². The van der Waals surface area contributed by atoms with Crippen molar-refractivity contribution in [3.05, 3.63) is 96.2 Å². The number of esters is 1. The number of hydrogen-bond donors (Lipinski definition) is 1. The van der Waals surface area contributed by atoms with Gasteiger partial charge in [-0.2, -0.15) is 0 Å². The van der Waals surface area contributed by atoms with E-state index in [0.717, 1.165) is 33.5 Å². The molecule has 4 heteroatoms. The number of carbonyl (C=O) groups excluding carboxylic acids is 1. The average molecular weight is 385 g/mol. The number of benzene rings is 3. The van der Waals surface area contributed by atoms with Crippen molar-refractivity contribution < 1.29 is 14.3 Å². The molecule has 0 saturated heterocycles. The van der Waals surface area contributed by atoms with Crippen molar-refractivity contribution in [3.8, 4) is 11.5 Å². The number of H-pyrrole nitrogens is 1. The Labute approximate surface area is 170 Å². The number of hydrogen-bond acceptors (Lipinski definition) is 3. The SMILES string of the molecule is CC(Cc1ccccc1Oc1cccc2[nH]ccc12)C(=O)OCc1ccccc1. The predicted octanol–water partition coefficient (Wildman–Crippen LogP) is 5.88. The van der Waals surface area contributed by atoms with E-state index in [2.05, 4.69) is 4.98 Å². The normalized spacial score (nSPS) is 11.9. The zero-order chi connectivity index (χ0) is 20.1. The number of nitrogens with one attached hydrogen (secondary N) is 1. The average Bonchev–Trinajstić information content (AvgIpc) is 3.24. The van der Waals surface area contributed by atoms with E-state index >= 15 is 0 Å². The van der Waals surface area contributed by atoms with Gasteiger partial charge in [-0.15, -0.1) is 0 Å². The van der Waals surface area contributed by atoms with Crippen molar-refractivity contribution in [1.29, 1.82) is 0 Å². The number of aromatic nitrogens is 1. The zero-order valence-corrected chi connectivity index (χ0v) is 16.3. The van der Waals surface area contributed by atoms with Crippen molar-refractivity contribution in [3.63, 3.8) is 0 Å². The Morgan fingerprint density at radius 1 is 0.897 bits per heavy atom. The van der Waals surface area contributed by atoms with Crippen molar-refractivity contribution in [2.24, 2.45) is 5.92 Å². The summed E-state index contributed by atoms with van der Waals surface area (Å²) < 4.78 is 11.7. The first-order valence-corrected chi connectivity index (χ1v) is 9.73. The third-order valence-electron chi connectivity index (χ3n) is 4.90. The van der Waals surface area contributed by atoms with Crippen LogP contribution >= 0.6 is 0 Å². The van der Waals surface area contributed by atoms with Gasteiger partial charge in [0.2, 0.25) is 0 Å². The Balaban J connectivity index is 1.45. The number of ether oxygens (including phenoxy) is 2. The molecule has 1 heterocycles. The molecule has 0 radical (unpaired) electrons. The van der Waals surface area contributed by atoms with Gasteiger partial charge in [-0.25, -0.2) is 0 Å². The molecule has 4 nitrogen and oxygen atoms in total. The molecule has 1 aromatic heterocycles. The second-order valence-corrected chi connectivity index (χ2v) is 7.10. The fourth-order valence-corrected chi connectivity index (χ4v) is 3.32. The Bertz CT molecular complexity index is 1100. The maximum Gasteiger partial charge on any atom is 0.309 e. The molecule has 0 spiro atoms.